The highest BCUT2D eigenvalue weighted by atomic mass is 35.5. The van der Waals surface area contributed by atoms with E-state index in [2.05, 4.69) is 6.58 Å². The highest BCUT2D eigenvalue weighted by Gasteiger charge is 2.22. The molecule has 1 unspecified atom stereocenters. The van der Waals surface area contributed by atoms with Gasteiger partial charge >= 0.3 is 5.95 Å². The Labute approximate surface area is 164 Å². The van der Waals surface area contributed by atoms with Crippen LogP contribution in [0.15, 0.2) is 61.2 Å². The second kappa shape index (κ2) is 9.30. The zero-order chi connectivity index (χ0) is 18.5. The van der Waals surface area contributed by atoms with Gasteiger partial charge in [0.2, 0.25) is 0 Å². The first-order chi connectivity index (χ1) is 12.6. The van der Waals surface area contributed by atoms with Gasteiger partial charge in [-0.1, -0.05) is 24.8 Å². The smallest absolute Gasteiger partial charge is 0.356 e. The lowest BCUT2D eigenvalue weighted by molar-refractivity contribution is -0.665. The van der Waals surface area contributed by atoms with Crippen molar-refractivity contribution in [2.24, 2.45) is 0 Å². The number of benzene rings is 2. The number of allylic oxidation sites excluding steroid dienone is 1. The molecule has 0 saturated carbocycles. The Hall–Kier alpha value is -2.70. The summed E-state index contributed by atoms with van der Waals surface area (Å²) in [6, 6.07) is 15.2. The van der Waals surface area contributed by atoms with Crippen molar-refractivity contribution in [3.63, 3.8) is 0 Å². The maximum Gasteiger partial charge on any atom is 0.356 e. The molecule has 3 aromatic rings. The van der Waals surface area contributed by atoms with Crippen molar-refractivity contribution < 1.29 is 31.6 Å². The Morgan fingerprint density at radius 1 is 1.19 bits per heavy atom. The van der Waals surface area contributed by atoms with E-state index in [0.717, 1.165) is 16.8 Å². The van der Waals surface area contributed by atoms with Crippen molar-refractivity contribution in [2.75, 3.05) is 19.5 Å². The van der Waals surface area contributed by atoms with Crippen LogP contribution < -0.4 is 32.2 Å². The molecule has 1 heterocycles. The average Bonchev–Trinajstić information content (AvgIpc) is 2.93. The van der Waals surface area contributed by atoms with Crippen molar-refractivity contribution in [3.8, 4) is 11.5 Å². The summed E-state index contributed by atoms with van der Waals surface area (Å²) in [5, 5.41) is 10.4. The van der Waals surface area contributed by atoms with E-state index in [4.69, 9.17) is 15.2 Å². The molecule has 2 aromatic carbocycles. The molecule has 3 N–H and O–H groups in total. The quantitative estimate of drug-likeness (QED) is 0.389. The first-order valence-corrected chi connectivity index (χ1v) is 8.46. The first kappa shape index (κ1) is 20.6. The first-order valence-electron chi connectivity index (χ1n) is 8.46. The number of halogens is 1. The second-order valence-corrected chi connectivity index (χ2v) is 6.00. The van der Waals surface area contributed by atoms with E-state index in [-0.39, 0.29) is 19.0 Å². The number of aliphatic hydroxyl groups excluding tert-OH is 1. The number of methoxy groups -OCH3 is 1. The molecular weight excluding hydrogens is 366 g/mol. The molecular formula is C20H24ClN3O3. The number of nitrogens with zero attached hydrogens (tertiary/aromatic N) is 2. The van der Waals surface area contributed by atoms with Crippen molar-refractivity contribution in [1.82, 2.24) is 4.57 Å². The van der Waals surface area contributed by atoms with Crippen LogP contribution in [0.1, 0.15) is 0 Å². The SMILES string of the molecule is C=CCn1c(N)[n+](CC(O)COc2ccc(OC)cc2)c2ccccc21.[Cl-]. The maximum absolute atomic E-state index is 10.4. The van der Waals surface area contributed by atoms with Gasteiger partial charge in [-0.05, 0) is 36.4 Å². The van der Waals surface area contributed by atoms with Gasteiger partial charge in [0, 0.05) is 0 Å². The van der Waals surface area contributed by atoms with E-state index in [1.165, 1.54) is 0 Å². The van der Waals surface area contributed by atoms with E-state index in [0.29, 0.717) is 24.8 Å². The second-order valence-electron chi connectivity index (χ2n) is 6.00. The predicted molar refractivity (Wildman–Crippen MR) is 101 cm³/mol. The number of ether oxygens (including phenoxy) is 2. The lowest BCUT2D eigenvalue weighted by Crippen LogP contribution is -3.00. The van der Waals surface area contributed by atoms with Gasteiger partial charge in [-0.15, -0.1) is 0 Å². The van der Waals surface area contributed by atoms with Crippen LogP contribution >= 0.6 is 0 Å². The molecule has 144 valence electrons. The van der Waals surface area contributed by atoms with Crippen LogP contribution in [0.2, 0.25) is 0 Å². The fourth-order valence-electron chi connectivity index (χ4n) is 2.95. The van der Waals surface area contributed by atoms with E-state index in [1.54, 1.807) is 13.2 Å². The summed E-state index contributed by atoms with van der Waals surface area (Å²) < 4.78 is 14.7. The third-order valence-corrected chi connectivity index (χ3v) is 4.22. The number of anilines is 1. The van der Waals surface area contributed by atoms with Gasteiger partial charge < -0.3 is 27.0 Å². The molecule has 0 amide bonds. The molecule has 0 aliphatic heterocycles. The molecule has 0 spiro atoms. The van der Waals surface area contributed by atoms with Crippen molar-refractivity contribution in [3.05, 3.63) is 61.2 Å². The van der Waals surface area contributed by atoms with Crippen LogP contribution in [0.25, 0.3) is 11.0 Å². The van der Waals surface area contributed by atoms with Crippen molar-refractivity contribution in [2.45, 2.75) is 19.2 Å². The van der Waals surface area contributed by atoms with Gasteiger partial charge in [0.25, 0.3) is 0 Å². The van der Waals surface area contributed by atoms with Crippen LogP contribution in [-0.4, -0.2) is 29.5 Å². The van der Waals surface area contributed by atoms with E-state index < -0.39 is 6.10 Å². The van der Waals surface area contributed by atoms with Gasteiger partial charge in [-0.2, -0.15) is 0 Å². The van der Waals surface area contributed by atoms with Gasteiger partial charge in [-0.3, -0.25) is 5.73 Å². The minimum Gasteiger partial charge on any atom is -1.00 e. The third-order valence-electron chi connectivity index (χ3n) is 4.22. The number of aliphatic hydroxyl groups is 1. The molecule has 0 fully saturated rings. The van der Waals surface area contributed by atoms with Gasteiger partial charge in [-0.25, -0.2) is 9.13 Å². The zero-order valence-corrected chi connectivity index (χ0v) is 16.0. The largest absolute Gasteiger partial charge is 1.00 e. The van der Waals surface area contributed by atoms with E-state index in [1.807, 2.05) is 57.7 Å². The Morgan fingerprint density at radius 2 is 1.85 bits per heavy atom. The van der Waals surface area contributed by atoms with Gasteiger partial charge in [0.1, 0.15) is 41.8 Å². The van der Waals surface area contributed by atoms with Crippen LogP contribution in [0.4, 0.5) is 5.95 Å². The number of nitrogen functional groups attached to an aromatic ring is 1. The number of hydrogen-bond acceptors (Lipinski definition) is 4. The monoisotopic (exact) mass is 389 g/mol. The standard InChI is InChI=1S/C20H23N3O3.ClH/c1-3-12-22-18-6-4-5-7-19(18)23(20(22)21)13-15(24)14-26-17-10-8-16(25-2)9-11-17;/h3-11,15,21,24H,1,12-14H2,2H3;1H. The topological polar surface area (TPSA) is 73.5 Å². The number of imidazole rings is 1. The molecule has 0 radical (unpaired) electrons. The Kier molecular flexibility index (Phi) is 7.10. The molecule has 1 atom stereocenters. The zero-order valence-electron chi connectivity index (χ0n) is 15.2. The molecule has 0 bridgehead atoms. The summed E-state index contributed by atoms with van der Waals surface area (Å²) in [5.41, 5.74) is 8.28. The number of hydrogen-bond donors (Lipinski definition) is 2. The third kappa shape index (κ3) is 4.53. The molecule has 7 heteroatoms. The molecule has 0 aliphatic rings. The summed E-state index contributed by atoms with van der Waals surface area (Å²) >= 11 is 0. The number of aromatic nitrogens is 2. The highest BCUT2D eigenvalue weighted by Crippen LogP contribution is 2.18. The highest BCUT2D eigenvalue weighted by molar-refractivity contribution is 5.73. The summed E-state index contributed by atoms with van der Waals surface area (Å²) in [4.78, 5) is 0. The number of fused-ring (bicyclic) bond motifs is 1. The maximum atomic E-state index is 10.4. The fourth-order valence-corrected chi connectivity index (χ4v) is 2.95. The van der Waals surface area contributed by atoms with Crippen LogP contribution in [0.5, 0.6) is 11.5 Å². The summed E-state index contributed by atoms with van der Waals surface area (Å²) in [6.07, 6.45) is 1.10. The van der Waals surface area contributed by atoms with Crippen LogP contribution in [-0.2, 0) is 13.1 Å². The lowest BCUT2D eigenvalue weighted by Gasteiger charge is -2.12. The Morgan fingerprint density at radius 3 is 2.52 bits per heavy atom. The van der Waals surface area contributed by atoms with Crippen LogP contribution in [0, 0.1) is 0 Å². The number of nitrogens with two attached hydrogens (primary N) is 1. The minimum absolute atomic E-state index is 0. The number of rotatable bonds is 8. The van der Waals surface area contributed by atoms with Crippen molar-refractivity contribution >= 4 is 17.0 Å². The van der Waals surface area contributed by atoms with E-state index in [9.17, 15) is 5.11 Å². The number of para-hydroxylation sites is 2. The fraction of sp³-hybridized carbons (Fsp3) is 0.250. The van der Waals surface area contributed by atoms with Crippen LogP contribution in [0.3, 0.4) is 0 Å². The average molecular weight is 390 g/mol. The minimum atomic E-state index is -0.701. The molecule has 1 aromatic heterocycles. The molecule has 3 rings (SSSR count). The molecule has 6 nitrogen and oxygen atoms in total. The van der Waals surface area contributed by atoms with E-state index >= 15 is 0 Å². The van der Waals surface area contributed by atoms with Gasteiger partial charge in [0.15, 0.2) is 0 Å². The molecule has 0 aliphatic carbocycles. The molecule has 27 heavy (non-hydrogen) atoms. The summed E-state index contributed by atoms with van der Waals surface area (Å²) in [7, 11) is 1.62. The Balaban J connectivity index is 0.00000261. The normalized spacial score (nSPS) is 11.6. The molecule has 0 saturated heterocycles. The van der Waals surface area contributed by atoms with Crippen molar-refractivity contribution in [1.29, 1.82) is 0 Å². The summed E-state index contributed by atoms with van der Waals surface area (Å²) in [6.45, 7) is 4.90. The van der Waals surface area contributed by atoms with Gasteiger partial charge in [0.05, 0.1) is 13.7 Å². The lowest BCUT2D eigenvalue weighted by atomic mass is 10.3. The predicted octanol–water partition coefficient (Wildman–Crippen LogP) is -0.850. The summed E-state index contributed by atoms with van der Waals surface area (Å²) in [5.74, 6) is 2.02. The Bertz CT molecular complexity index is 893.